The molecule has 5 nitrogen and oxygen atoms in total. The van der Waals surface area contributed by atoms with Gasteiger partial charge in [-0.25, -0.2) is 0 Å². The highest BCUT2D eigenvalue weighted by molar-refractivity contribution is 5.81. The maximum absolute atomic E-state index is 6.06. The van der Waals surface area contributed by atoms with Crippen LogP contribution in [-0.4, -0.2) is 66.4 Å². The third kappa shape index (κ3) is 3.32. The molecular formula is C23H26N4O. The van der Waals surface area contributed by atoms with Gasteiger partial charge in [0, 0.05) is 55.8 Å². The Morgan fingerprint density at radius 1 is 1.04 bits per heavy atom. The van der Waals surface area contributed by atoms with Crippen LogP contribution in [0.4, 0.5) is 0 Å². The SMILES string of the molecule is CN1CCN(CCOc2cccc(-c3n[nH]c4c3Cc3ccccc3-4)c2)CC1. The van der Waals surface area contributed by atoms with E-state index in [1.165, 1.54) is 16.7 Å². The Hall–Kier alpha value is -2.63. The summed E-state index contributed by atoms with van der Waals surface area (Å²) in [7, 11) is 2.18. The number of likely N-dealkylation sites (N-methyl/N-ethyl adjacent to an activating group) is 1. The van der Waals surface area contributed by atoms with Crippen molar-refractivity contribution in [2.24, 2.45) is 0 Å². The lowest BCUT2D eigenvalue weighted by atomic mass is 10.1. The minimum absolute atomic E-state index is 0.720. The molecule has 2 aliphatic rings. The Balaban J connectivity index is 1.28. The number of rotatable bonds is 5. The Labute approximate surface area is 165 Å². The van der Waals surface area contributed by atoms with Crippen molar-refractivity contribution in [1.29, 1.82) is 0 Å². The first kappa shape index (κ1) is 17.5. The van der Waals surface area contributed by atoms with Gasteiger partial charge in [0.25, 0.3) is 0 Å². The van der Waals surface area contributed by atoms with Crippen molar-refractivity contribution in [3.05, 3.63) is 59.7 Å². The maximum atomic E-state index is 6.06. The quantitative estimate of drug-likeness (QED) is 0.582. The van der Waals surface area contributed by atoms with Crippen molar-refractivity contribution < 1.29 is 4.74 Å². The number of nitrogens with one attached hydrogen (secondary N) is 1. The molecule has 1 aliphatic heterocycles. The fraction of sp³-hybridized carbons (Fsp3) is 0.348. The number of piperazine rings is 1. The van der Waals surface area contributed by atoms with Crippen LogP contribution >= 0.6 is 0 Å². The van der Waals surface area contributed by atoms with Gasteiger partial charge in [0.05, 0.1) is 11.4 Å². The summed E-state index contributed by atoms with van der Waals surface area (Å²) in [5.41, 5.74) is 7.24. The van der Waals surface area contributed by atoms with E-state index in [1.54, 1.807) is 0 Å². The van der Waals surface area contributed by atoms with Gasteiger partial charge in [-0.05, 0) is 24.7 Å². The summed E-state index contributed by atoms with van der Waals surface area (Å²) in [4.78, 5) is 4.85. The van der Waals surface area contributed by atoms with Gasteiger partial charge in [0.2, 0.25) is 0 Å². The molecule has 0 atom stereocenters. The Morgan fingerprint density at radius 3 is 2.79 bits per heavy atom. The molecule has 1 fully saturated rings. The molecule has 3 aromatic rings. The van der Waals surface area contributed by atoms with Crippen molar-refractivity contribution in [3.8, 4) is 28.3 Å². The molecule has 1 saturated heterocycles. The summed E-state index contributed by atoms with van der Waals surface area (Å²) in [5.74, 6) is 0.916. The molecular weight excluding hydrogens is 348 g/mol. The number of aromatic amines is 1. The average molecular weight is 374 g/mol. The third-order valence-corrected chi connectivity index (χ3v) is 5.90. The van der Waals surface area contributed by atoms with Crippen LogP contribution in [0.3, 0.4) is 0 Å². The van der Waals surface area contributed by atoms with Crippen LogP contribution in [0.1, 0.15) is 11.1 Å². The van der Waals surface area contributed by atoms with Crippen LogP contribution in [0.15, 0.2) is 48.5 Å². The van der Waals surface area contributed by atoms with Crippen molar-refractivity contribution >= 4 is 0 Å². The molecule has 0 bridgehead atoms. The topological polar surface area (TPSA) is 44.4 Å². The molecule has 1 N–H and O–H groups in total. The molecule has 5 rings (SSSR count). The number of fused-ring (bicyclic) bond motifs is 3. The highest BCUT2D eigenvalue weighted by Gasteiger charge is 2.24. The van der Waals surface area contributed by atoms with Gasteiger partial charge in [0.1, 0.15) is 12.4 Å². The van der Waals surface area contributed by atoms with Gasteiger partial charge in [-0.1, -0.05) is 36.4 Å². The van der Waals surface area contributed by atoms with Crippen molar-refractivity contribution in [2.75, 3.05) is 46.4 Å². The number of H-pyrrole nitrogens is 1. The maximum Gasteiger partial charge on any atom is 0.120 e. The lowest BCUT2D eigenvalue weighted by Gasteiger charge is -2.32. The average Bonchev–Trinajstić information content (AvgIpc) is 3.29. The minimum Gasteiger partial charge on any atom is -0.492 e. The molecule has 0 saturated carbocycles. The lowest BCUT2D eigenvalue weighted by molar-refractivity contribution is 0.134. The van der Waals surface area contributed by atoms with Crippen LogP contribution in [0.25, 0.3) is 22.5 Å². The molecule has 1 aromatic heterocycles. The normalized spacial score (nSPS) is 16.8. The van der Waals surface area contributed by atoms with Crippen LogP contribution in [0, 0.1) is 0 Å². The van der Waals surface area contributed by atoms with Crippen LogP contribution in [-0.2, 0) is 6.42 Å². The summed E-state index contributed by atoms with van der Waals surface area (Å²) in [6, 6.07) is 16.9. The monoisotopic (exact) mass is 374 g/mol. The molecule has 1 aliphatic carbocycles. The van der Waals surface area contributed by atoms with Gasteiger partial charge >= 0.3 is 0 Å². The minimum atomic E-state index is 0.720. The highest BCUT2D eigenvalue weighted by atomic mass is 16.5. The largest absolute Gasteiger partial charge is 0.492 e. The summed E-state index contributed by atoms with van der Waals surface area (Å²) < 4.78 is 6.06. The lowest BCUT2D eigenvalue weighted by Crippen LogP contribution is -2.45. The van der Waals surface area contributed by atoms with Crippen LogP contribution in [0.2, 0.25) is 0 Å². The molecule has 0 spiro atoms. The fourth-order valence-electron chi connectivity index (χ4n) is 4.20. The first-order valence-electron chi connectivity index (χ1n) is 10.1. The number of nitrogens with zero attached hydrogens (tertiary/aromatic N) is 3. The van der Waals surface area contributed by atoms with Crippen LogP contribution < -0.4 is 4.74 Å². The zero-order valence-corrected chi connectivity index (χ0v) is 16.3. The second-order valence-corrected chi connectivity index (χ2v) is 7.78. The van der Waals surface area contributed by atoms with E-state index in [1.807, 2.05) is 6.07 Å². The van der Waals surface area contributed by atoms with Gasteiger partial charge < -0.3 is 9.64 Å². The standard InChI is InChI=1S/C23H26N4O/c1-26-9-11-27(12-10-26)13-14-28-19-7-4-6-18(15-19)22-21-16-17-5-2-3-8-20(17)23(21)25-24-22/h2-8,15H,9-14,16H2,1H3,(H,24,25). The van der Waals surface area contributed by atoms with E-state index < -0.39 is 0 Å². The number of hydrogen-bond acceptors (Lipinski definition) is 4. The first-order chi connectivity index (χ1) is 13.8. The summed E-state index contributed by atoms with van der Waals surface area (Å²) in [6.45, 7) is 6.23. The summed E-state index contributed by atoms with van der Waals surface area (Å²) in [6.07, 6.45) is 0.936. The van der Waals surface area contributed by atoms with Gasteiger partial charge in [-0.15, -0.1) is 0 Å². The number of ether oxygens (including phenoxy) is 1. The second kappa shape index (κ2) is 7.41. The van der Waals surface area contributed by atoms with E-state index in [0.717, 1.165) is 68.5 Å². The van der Waals surface area contributed by atoms with Crippen molar-refractivity contribution in [3.63, 3.8) is 0 Å². The number of hydrogen-bond donors (Lipinski definition) is 1. The molecule has 2 aromatic carbocycles. The zero-order valence-electron chi connectivity index (χ0n) is 16.3. The molecule has 0 unspecified atom stereocenters. The molecule has 5 heteroatoms. The highest BCUT2D eigenvalue weighted by Crippen LogP contribution is 2.40. The Morgan fingerprint density at radius 2 is 1.89 bits per heavy atom. The molecule has 2 heterocycles. The van der Waals surface area contributed by atoms with E-state index >= 15 is 0 Å². The van der Waals surface area contributed by atoms with E-state index in [9.17, 15) is 0 Å². The zero-order chi connectivity index (χ0) is 18.9. The van der Waals surface area contributed by atoms with Crippen LogP contribution in [0.5, 0.6) is 5.75 Å². The number of benzene rings is 2. The van der Waals surface area contributed by atoms with Gasteiger partial charge in [-0.3, -0.25) is 10.00 Å². The smallest absolute Gasteiger partial charge is 0.120 e. The second-order valence-electron chi connectivity index (χ2n) is 7.78. The van der Waals surface area contributed by atoms with Crippen molar-refractivity contribution in [2.45, 2.75) is 6.42 Å². The third-order valence-electron chi connectivity index (χ3n) is 5.90. The Kier molecular flexibility index (Phi) is 4.63. The number of aromatic nitrogens is 2. The molecule has 28 heavy (non-hydrogen) atoms. The predicted octanol–water partition coefficient (Wildman–Crippen LogP) is 3.27. The van der Waals surface area contributed by atoms with Gasteiger partial charge in [-0.2, -0.15) is 5.10 Å². The summed E-state index contributed by atoms with van der Waals surface area (Å²) >= 11 is 0. The van der Waals surface area contributed by atoms with Crippen molar-refractivity contribution in [1.82, 2.24) is 20.0 Å². The van der Waals surface area contributed by atoms with Gasteiger partial charge in [0.15, 0.2) is 0 Å². The first-order valence-corrected chi connectivity index (χ1v) is 10.1. The summed E-state index contributed by atoms with van der Waals surface area (Å²) in [5, 5.41) is 7.86. The molecule has 0 radical (unpaired) electrons. The molecule has 144 valence electrons. The fourth-order valence-corrected chi connectivity index (χ4v) is 4.20. The van der Waals surface area contributed by atoms with E-state index in [0.29, 0.717) is 0 Å². The Bertz CT molecular complexity index is 972. The van der Waals surface area contributed by atoms with E-state index in [-0.39, 0.29) is 0 Å². The molecule has 0 amide bonds. The van der Waals surface area contributed by atoms with E-state index in [4.69, 9.17) is 4.74 Å². The predicted molar refractivity (Wildman–Crippen MR) is 112 cm³/mol. The van der Waals surface area contributed by atoms with E-state index in [2.05, 4.69) is 69.5 Å².